The van der Waals surface area contributed by atoms with Crippen LogP contribution in [0.2, 0.25) is 5.02 Å². The van der Waals surface area contributed by atoms with Crippen LogP contribution in [0, 0.1) is 0 Å². The Morgan fingerprint density at radius 2 is 1.81 bits per heavy atom. The molecule has 0 aromatic heterocycles. The van der Waals surface area contributed by atoms with E-state index in [1.807, 2.05) is 54.6 Å². The number of nitrogens with zero attached hydrogens (tertiary/aromatic N) is 1. The van der Waals surface area contributed by atoms with Gasteiger partial charge in [-0.15, -0.1) is 0 Å². The standard InChI is InChI=1S/C21H23ClN2O2/c22-18-10-5-4-9-17(18)12-13-20(25)24-14-6-11-19(24)21(26)23-15-16-7-2-1-3-8-16/h1-5,7-10,19H,6,11-15H2,(H,23,26). The molecule has 1 atom stereocenters. The number of benzene rings is 2. The zero-order valence-electron chi connectivity index (χ0n) is 14.7. The van der Waals surface area contributed by atoms with Crippen molar-refractivity contribution in [2.45, 2.75) is 38.3 Å². The third kappa shape index (κ3) is 4.64. The van der Waals surface area contributed by atoms with Crippen LogP contribution in [0.5, 0.6) is 0 Å². The first-order chi connectivity index (χ1) is 12.6. The lowest BCUT2D eigenvalue weighted by atomic mass is 10.1. The second-order valence-electron chi connectivity index (χ2n) is 6.54. The predicted octanol–water partition coefficient (Wildman–Crippen LogP) is 3.58. The zero-order valence-corrected chi connectivity index (χ0v) is 15.4. The summed E-state index contributed by atoms with van der Waals surface area (Å²) in [4.78, 5) is 26.9. The highest BCUT2D eigenvalue weighted by atomic mass is 35.5. The predicted molar refractivity (Wildman–Crippen MR) is 103 cm³/mol. The molecule has 1 fully saturated rings. The van der Waals surface area contributed by atoms with E-state index in [0.717, 1.165) is 24.0 Å². The van der Waals surface area contributed by atoms with Gasteiger partial charge in [-0.3, -0.25) is 9.59 Å². The Labute approximate surface area is 159 Å². The molecule has 1 aliphatic heterocycles. The van der Waals surface area contributed by atoms with Crippen LogP contribution in [-0.2, 0) is 22.6 Å². The molecule has 0 aliphatic carbocycles. The first kappa shape index (κ1) is 18.5. The summed E-state index contributed by atoms with van der Waals surface area (Å²) < 4.78 is 0. The highest BCUT2D eigenvalue weighted by molar-refractivity contribution is 6.31. The van der Waals surface area contributed by atoms with Crippen molar-refractivity contribution < 1.29 is 9.59 Å². The van der Waals surface area contributed by atoms with E-state index in [1.54, 1.807) is 4.90 Å². The second kappa shape index (κ2) is 8.86. The third-order valence-corrected chi connectivity index (χ3v) is 5.12. The van der Waals surface area contributed by atoms with E-state index >= 15 is 0 Å². The van der Waals surface area contributed by atoms with Gasteiger partial charge in [0.1, 0.15) is 6.04 Å². The van der Waals surface area contributed by atoms with Crippen molar-refractivity contribution in [1.82, 2.24) is 10.2 Å². The van der Waals surface area contributed by atoms with E-state index in [2.05, 4.69) is 5.32 Å². The number of carbonyl (C=O) groups is 2. The Hall–Kier alpha value is -2.33. The van der Waals surface area contributed by atoms with E-state index in [4.69, 9.17) is 11.6 Å². The summed E-state index contributed by atoms with van der Waals surface area (Å²) in [7, 11) is 0. The highest BCUT2D eigenvalue weighted by Crippen LogP contribution is 2.21. The van der Waals surface area contributed by atoms with Crippen molar-refractivity contribution in [1.29, 1.82) is 0 Å². The molecule has 26 heavy (non-hydrogen) atoms. The number of halogens is 1. The molecule has 0 bridgehead atoms. The number of aryl methyl sites for hydroxylation is 1. The Kier molecular flexibility index (Phi) is 6.29. The topological polar surface area (TPSA) is 49.4 Å². The van der Waals surface area contributed by atoms with Gasteiger partial charge in [-0.05, 0) is 36.5 Å². The van der Waals surface area contributed by atoms with Gasteiger partial charge < -0.3 is 10.2 Å². The lowest BCUT2D eigenvalue weighted by Gasteiger charge is -2.24. The maximum absolute atomic E-state index is 12.6. The third-order valence-electron chi connectivity index (χ3n) is 4.75. The minimum atomic E-state index is -0.363. The molecule has 1 unspecified atom stereocenters. The fraction of sp³-hybridized carbons (Fsp3) is 0.333. The Morgan fingerprint density at radius 1 is 1.08 bits per heavy atom. The van der Waals surface area contributed by atoms with Gasteiger partial charge in [0.15, 0.2) is 0 Å². The fourth-order valence-corrected chi connectivity index (χ4v) is 3.56. The van der Waals surface area contributed by atoms with Crippen LogP contribution >= 0.6 is 11.6 Å². The molecule has 1 saturated heterocycles. The summed E-state index contributed by atoms with van der Waals surface area (Å²) in [6.45, 7) is 1.13. The average molecular weight is 371 g/mol. The Morgan fingerprint density at radius 3 is 2.58 bits per heavy atom. The SMILES string of the molecule is O=C(NCc1ccccc1)C1CCCN1C(=O)CCc1ccccc1Cl. The fourth-order valence-electron chi connectivity index (χ4n) is 3.33. The lowest BCUT2D eigenvalue weighted by molar-refractivity contribution is -0.138. The molecule has 5 heteroatoms. The molecular formula is C21H23ClN2O2. The van der Waals surface area contributed by atoms with Gasteiger partial charge in [-0.1, -0.05) is 60.1 Å². The zero-order chi connectivity index (χ0) is 18.4. The number of hydrogen-bond donors (Lipinski definition) is 1. The summed E-state index contributed by atoms with van der Waals surface area (Å²) in [5.74, 6) is -0.0558. The van der Waals surface area contributed by atoms with E-state index < -0.39 is 0 Å². The lowest BCUT2D eigenvalue weighted by Crippen LogP contribution is -2.45. The molecule has 0 saturated carbocycles. The first-order valence-corrected chi connectivity index (χ1v) is 9.37. The summed E-state index contributed by atoms with van der Waals surface area (Å²) in [6.07, 6.45) is 2.54. The summed E-state index contributed by atoms with van der Waals surface area (Å²) in [5, 5.41) is 3.63. The smallest absolute Gasteiger partial charge is 0.243 e. The number of rotatable bonds is 6. The Balaban J connectivity index is 1.54. The summed E-state index contributed by atoms with van der Waals surface area (Å²) >= 11 is 6.16. The van der Waals surface area contributed by atoms with Crippen LogP contribution in [-0.4, -0.2) is 29.3 Å². The van der Waals surface area contributed by atoms with E-state index in [-0.39, 0.29) is 17.9 Å². The van der Waals surface area contributed by atoms with Gasteiger partial charge in [-0.2, -0.15) is 0 Å². The number of carbonyl (C=O) groups excluding carboxylic acids is 2. The van der Waals surface area contributed by atoms with Crippen LogP contribution in [0.1, 0.15) is 30.4 Å². The van der Waals surface area contributed by atoms with Gasteiger partial charge in [0, 0.05) is 24.5 Å². The van der Waals surface area contributed by atoms with Crippen molar-refractivity contribution in [3.63, 3.8) is 0 Å². The van der Waals surface area contributed by atoms with Gasteiger partial charge in [-0.25, -0.2) is 0 Å². The van der Waals surface area contributed by atoms with Gasteiger partial charge in [0.05, 0.1) is 0 Å². The van der Waals surface area contributed by atoms with Crippen LogP contribution in [0.3, 0.4) is 0 Å². The van der Waals surface area contributed by atoms with Crippen LogP contribution in [0.15, 0.2) is 54.6 Å². The van der Waals surface area contributed by atoms with Crippen molar-refractivity contribution in [3.05, 3.63) is 70.7 Å². The van der Waals surface area contributed by atoms with E-state index in [9.17, 15) is 9.59 Å². The van der Waals surface area contributed by atoms with Gasteiger partial charge in [0.2, 0.25) is 11.8 Å². The highest BCUT2D eigenvalue weighted by Gasteiger charge is 2.33. The molecule has 2 amide bonds. The van der Waals surface area contributed by atoms with Crippen molar-refractivity contribution >= 4 is 23.4 Å². The number of likely N-dealkylation sites (tertiary alicyclic amines) is 1. The molecule has 0 spiro atoms. The van der Waals surface area contributed by atoms with Crippen molar-refractivity contribution in [3.8, 4) is 0 Å². The average Bonchev–Trinajstić information content (AvgIpc) is 3.16. The number of nitrogens with one attached hydrogen (secondary N) is 1. The molecule has 2 aromatic carbocycles. The van der Waals surface area contributed by atoms with Crippen molar-refractivity contribution in [2.24, 2.45) is 0 Å². The summed E-state index contributed by atoms with van der Waals surface area (Å²) in [6, 6.07) is 17.0. The minimum Gasteiger partial charge on any atom is -0.350 e. The monoisotopic (exact) mass is 370 g/mol. The normalized spacial score (nSPS) is 16.5. The molecule has 1 N–H and O–H groups in total. The maximum Gasteiger partial charge on any atom is 0.243 e. The largest absolute Gasteiger partial charge is 0.350 e. The molecule has 4 nitrogen and oxygen atoms in total. The number of amides is 2. The molecule has 3 rings (SSSR count). The van der Waals surface area contributed by atoms with E-state index in [0.29, 0.717) is 31.0 Å². The maximum atomic E-state index is 12.6. The van der Waals surface area contributed by atoms with E-state index in [1.165, 1.54) is 0 Å². The van der Waals surface area contributed by atoms with Gasteiger partial charge >= 0.3 is 0 Å². The van der Waals surface area contributed by atoms with Crippen LogP contribution in [0.4, 0.5) is 0 Å². The van der Waals surface area contributed by atoms with Crippen LogP contribution in [0.25, 0.3) is 0 Å². The molecule has 136 valence electrons. The molecule has 0 radical (unpaired) electrons. The second-order valence-corrected chi connectivity index (χ2v) is 6.95. The first-order valence-electron chi connectivity index (χ1n) is 8.99. The molecule has 1 heterocycles. The van der Waals surface area contributed by atoms with Crippen molar-refractivity contribution in [2.75, 3.05) is 6.54 Å². The van der Waals surface area contributed by atoms with Crippen LogP contribution < -0.4 is 5.32 Å². The minimum absolute atomic E-state index is 0.0160. The Bertz CT molecular complexity index is 764. The van der Waals surface area contributed by atoms with Gasteiger partial charge in [0.25, 0.3) is 0 Å². The molecule has 1 aliphatic rings. The molecular weight excluding hydrogens is 348 g/mol. The quantitative estimate of drug-likeness (QED) is 0.844. The summed E-state index contributed by atoms with van der Waals surface area (Å²) in [5.41, 5.74) is 2.02. The number of hydrogen-bond acceptors (Lipinski definition) is 2. The molecule has 2 aromatic rings.